The lowest BCUT2D eigenvalue weighted by molar-refractivity contribution is 0.270. The monoisotopic (exact) mass is 130 g/mol. The van der Waals surface area contributed by atoms with Crippen molar-refractivity contribution in [1.82, 2.24) is 0 Å². The quantitative estimate of drug-likeness (QED) is 0.354. The normalized spacial score (nSPS) is 12.2. The van der Waals surface area contributed by atoms with E-state index in [4.69, 9.17) is 16.2 Å². The van der Waals surface area contributed by atoms with Crippen LogP contribution in [0.1, 0.15) is 0 Å². The van der Waals surface area contributed by atoms with Crippen molar-refractivity contribution in [1.29, 1.82) is 5.41 Å². The first-order valence-electron chi connectivity index (χ1n) is 2.40. The Balaban J connectivity index is 4.18. The molecule has 0 atom stereocenters. The first-order chi connectivity index (χ1) is 4.26. The van der Waals surface area contributed by atoms with E-state index in [9.17, 15) is 0 Å². The molecule has 0 aromatic heterocycles. The maximum atomic E-state index is 8.46. The highest BCUT2D eigenvalue weighted by molar-refractivity contribution is 5.76. The molecule has 0 saturated carbocycles. The molecule has 0 amide bonds. The van der Waals surface area contributed by atoms with Gasteiger partial charge in [0.15, 0.2) is 5.88 Å². The summed E-state index contributed by atoms with van der Waals surface area (Å²) in [5.41, 5.74) is 5.47. The van der Waals surface area contributed by atoms with Crippen LogP contribution >= 0.6 is 0 Å². The molecule has 0 aromatic rings. The third-order valence-corrected chi connectivity index (χ3v) is 0.881. The summed E-state index contributed by atoms with van der Waals surface area (Å²) >= 11 is 0. The standard InChI is InChI=1S/C5H10N2O2/c1-9-5(7)4(2-6)3-8/h2,6,8H,3,7H2,1H3. The molecule has 4 nitrogen and oxygen atoms in total. The Labute approximate surface area is 53.4 Å². The maximum Gasteiger partial charge on any atom is 0.190 e. The van der Waals surface area contributed by atoms with Crippen molar-refractivity contribution in [3.05, 3.63) is 11.5 Å². The second kappa shape index (κ2) is 3.91. The molecule has 4 N–H and O–H groups in total. The SMILES string of the molecule is COC(N)=C(C=N)CO. The molecule has 0 heterocycles. The zero-order chi connectivity index (χ0) is 7.28. The van der Waals surface area contributed by atoms with Crippen molar-refractivity contribution >= 4 is 6.21 Å². The van der Waals surface area contributed by atoms with E-state index in [1.807, 2.05) is 0 Å². The Morgan fingerprint density at radius 3 is 2.56 bits per heavy atom. The maximum absolute atomic E-state index is 8.46. The van der Waals surface area contributed by atoms with Gasteiger partial charge >= 0.3 is 0 Å². The van der Waals surface area contributed by atoms with Crippen molar-refractivity contribution in [2.24, 2.45) is 5.73 Å². The van der Waals surface area contributed by atoms with Crippen LogP contribution in [0.15, 0.2) is 11.5 Å². The summed E-state index contributed by atoms with van der Waals surface area (Å²) in [5.74, 6) is 0.0903. The van der Waals surface area contributed by atoms with Crippen LogP contribution in [0.5, 0.6) is 0 Å². The zero-order valence-corrected chi connectivity index (χ0v) is 5.22. The molecule has 0 aliphatic carbocycles. The van der Waals surface area contributed by atoms with Crippen LogP contribution in [0, 0.1) is 5.41 Å². The van der Waals surface area contributed by atoms with Gasteiger partial charge in [-0.3, -0.25) is 0 Å². The average Bonchev–Trinajstić information content (AvgIpc) is 1.90. The molecular weight excluding hydrogens is 120 g/mol. The summed E-state index contributed by atoms with van der Waals surface area (Å²) in [6, 6.07) is 0. The second-order valence-electron chi connectivity index (χ2n) is 1.40. The molecule has 4 heteroatoms. The first kappa shape index (κ1) is 7.97. The van der Waals surface area contributed by atoms with Gasteiger partial charge in [0, 0.05) is 6.21 Å². The summed E-state index contributed by atoms with van der Waals surface area (Å²) in [7, 11) is 1.38. The molecule has 0 bridgehead atoms. The fourth-order valence-electron chi connectivity index (χ4n) is 0.326. The second-order valence-corrected chi connectivity index (χ2v) is 1.40. The molecular formula is C5H10N2O2. The zero-order valence-electron chi connectivity index (χ0n) is 5.22. The van der Waals surface area contributed by atoms with Crippen LogP contribution < -0.4 is 5.73 Å². The molecule has 0 rings (SSSR count). The number of ether oxygens (including phenoxy) is 1. The number of aliphatic hydroxyl groups is 1. The number of nitrogens with two attached hydrogens (primary N) is 1. The smallest absolute Gasteiger partial charge is 0.190 e. The van der Waals surface area contributed by atoms with Gasteiger partial charge in [-0.2, -0.15) is 0 Å². The summed E-state index contributed by atoms with van der Waals surface area (Å²) in [4.78, 5) is 0. The fourth-order valence-corrected chi connectivity index (χ4v) is 0.326. The molecule has 0 unspecified atom stereocenters. The topological polar surface area (TPSA) is 79.3 Å². The highest BCUT2D eigenvalue weighted by Crippen LogP contribution is 1.93. The predicted molar refractivity (Wildman–Crippen MR) is 34.1 cm³/mol. The first-order valence-corrected chi connectivity index (χ1v) is 2.40. The van der Waals surface area contributed by atoms with Crippen molar-refractivity contribution in [3.8, 4) is 0 Å². The van der Waals surface area contributed by atoms with Gasteiger partial charge in [-0.05, 0) is 0 Å². The van der Waals surface area contributed by atoms with Crippen LogP contribution in [0.4, 0.5) is 0 Å². The van der Waals surface area contributed by atoms with E-state index in [0.29, 0.717) is 0 Å². The largest absolute Gasteiger partial charge is 0.482 e. The number of hydrogen-bond acceptors (Lipinski definition) is 4. The number of nitrogens with one attached hydrogen (secondary N) is 1. The van der Waals surface area contributed by atoms with E-state index in [1.165, 1.54) is 7.11 Å². The van der Waals surface area contributed by atoms with E-state index in [2.05, 4.69) is 4.74 Å². The Morgan fingerprint density at radius 2 is 2.44 bits per heavy atom. The summed E-state index contributed by atoms with van der Waals surface area (Å²) < 4.78 is 4.54. The Kier molecular flexibility index (Phi) is 3.46. The number of rotatable bonds is 3. The van der Waals surface area contributed by atoms with Crippen LogP contribution in [0.3, 0.4) is 0 Å². The fraction of sp³-hybridized carbons (Fsp3) is 0.400. The van der Waals surface area contributed by atoms with E-state index in [-0.39, 0.29) is 18.1 Å². The van der Waals surface area contributed by atoms with Gasteiger partial charge in [0.05, 0.1) is 19.3 Å². The third-order valence-electron chi connectivity index (χ3n) is 0.881. The number of aliphatic hydroxyl groups excluding tert-OH is 1. The molecule has 0 radical (unpaired) electrons. The van der Waals surface area contributed by atoms with Crippen LogP contribution in [-0.4, -0.2) is 25.0 Å². The van der Waals surface area contributed by atoms with Gasteiger partial charge in [0.1, 0.15) is 0 Å². The Hall–Kier alpha value is -1.03. The molecule has 0 spiro atoms. The summed E-state index contributed by atoms with van der Waals surface area (Å²) in [6.45, 7) is -0.261. The Bertz CT molecular complexity index is 131. The molecule has 0 fully saturated rings. The average molecular weight is 130 g/mol. The number of methoxy groups -OCH3 is 1. The van der Waals surface area contributed by atoms with Crippen molar-refractivity contribution in [2.75, 3.05) is 13.7 Å². The van der Waals surface area contributed by atoms with Gasteiger partial charge in [0.2, 0.25) is 0 Å². The van der Waals surface area contributed by atoms with E-state index < -0.39 is 0 Å². The summed E-state index contributed by atoms with van der Waals surface area (Å²) in [6.07, 6.45) is 0.957. The highest BCUT2D eigenvalue weighted by Gasteiger charge is 1.96. The van der Waals surface area contributed by atoms with Crippen molar-refractivity contribution < 1.29 is 9.84 Å². The molecule has 0 aromatic carbocycles. The minimum Gasteiger partial charge on any atom is -0.482 e. The minimum atomic E-state index is -0.261. The van der Waals surface area contributed by atoms with E-state index >= 15 is 0 Å². The molecule has 0 saturated heterocycles. The lowest BCUT2D eigenvalue weighted by Crippen LogP contribution is -2.07. The highest BCUT2D eigenvalue weighted by atomic mass is 16.5. The lowest BCUT2D eigenvalue weighted by atomic mass is 10.3. The molecule has 52 valence electrons. The van der Waals surface area contributed by atoms with Gasteiger partial charge in [0.25, 0.3) is 0 Å². The van der Waals surface area contributed by atoms with Crippen LogP contribution in [-0.2, 0) is 4.74 Å². The third kappa shape index (κ3) is 2.14. The molecule has 9 heavy (non-hydrogen) atoms. The van der Waals surface area contributed by atoms with Gasteiger partial charge < -0.3 is 21.0 Å². The summed E-state index contributed by atoms with van der Waals surface area (Å²) in [5, 5.41) is 15.1. The Morgan fingerprint density at radius 1 is 1.89 bits per heavy atom. The van der Waals surface area contributed by atoms with Crippen LogP contribution in [0.2, 0.25) is 0 Å². The van der Waals surface area contributed by atoms with Crippen LogP contribution in [0.25, 0.3) is 0 Å². The van der Waals surface area contributed by atoms with Gasteiger partial charge in [-0.15, -0.1) is 0 Å². The predicted octanol–water partition coefficient (Wildman–Crippen LogP) is -0.555. The van der Waals surface area contributed by atoms with E-state index in [1.54, 1.807) is 0 Å². The molecule has 0 aliphatic rings. The van der Waals surface area contributed by atoms with E-state index in [0.717, 1.165) is 6.21 Å². The van der Waals surface area contributed by atoms with Crippen molar-refractivity contribution in [3.63, 3.8) is 0 Å². The minimum absolute atomic E-state index is 0.0903. The van der Waals surface area contributed by atoms with Gasteiger partial charge in [-0.25, -0.2) is 0 Å². The number of hydrogen-bond donors (Lipinski definition) is 3. The molecule has 0 aliphatic heterocycles. The van der Waals surface area contributed by atoms with Gasteiger partial charge in [-0.1, -0.05) is 0 Å². The lowest BCUT2D eigenvalue weighted by Gasteiger charge is -2.00. The van der Waals surface area contributed by atoms with Crippen molar-refractivity contribution in [2.45, 2.75) is 0 Å².